The van der Waals surface area contributed by atoms with Crippen LogP contribution in [0.5, 0.6) is 0 Å². The van der Waals surface area contributed by atoms with Crippen LogP contribution in [-0.4, -0.2) is 70.9 Å². The Balaban J connectivity index is 1.77. The van der Waals surface area contributed by atoms with Gasteiger partial charge in [-0.1, -0.05) is 0 Å². The molecule has 7 N–H and O–H groups in total. The number of hydrogen-bond donors (Lipinski definition) is 6. The molecule has 1 aliphatic rings. The van der Waals surface area contributed by atoms with Gasteiger partial charge in [0.05, 0.1) is 6.61 Å². The zero-order chi connectivity index (χ0) is 18.4. The number of imidazole rings is 1. The molecular formula is C10H14N5O9P. The van der Waals surface area contributed by atoms with Crippen molar-refractivity contribution in [3.63, 3.8) is 0 Å². The van der Waals surface area contributed by atoms with Crippen LogP contribution in [0.25, 0.3) is 11.2 Å². The van der Waals surface area contributed by atoms with Gasteiger partial charge in [0, 0.05) is 0 Å². The van der Waals surface area contributed by atoms with Gasteiger partial charge in [-0.2, -0.15) is 4.98 Å². The first-order chi connectivity index (χ1) is 11.7. The second-order valence-electron chi connectivity index (χ2n) is 5.11. The Bertz CT molecular complexity index is 877. The summed E-state index contributed by atoms with van der Waals surface area (Å²) >= 11 is 0. The number of aliphatic hydroxyl groups excluding tert-OH is 2. The molecule has 3 rings (SSSR count). The van der Waals surface area contributed by atoms with Crippen molar-refractivity contribution >= 4 is 24.9 Å². The van der Waals surface area contributed by atoms with Crippen molar-refractivity contribution in [1.29, 1.82) is 0 Å². The lowest BCUT2D eigenvalue weighted by atomic mass is 10.1. The number of nitrogens with one attached hydrogen (secondary N) is 1. The Kier molecular flexibility index (Phi) is 4.51. The molecule has 14 nitrogen and oxygen atoms in total. The Morgan fingerprint density at radius 1 is 1.40 bits per heavy atom. The molecule has 2 aromatic heterocycles. The van der Waals surface area contributed by atoms with Gasteiger partial charge in [-0.25, -0.2) is 9.55 Å². The molecule has 0 unspecified atom stereocenters. The molecule has 138 valence electrons. The number of fused-ring (bicyclic) bond motifs is 1. The van der Waals surface area contributed by atoms with Crippen molar-refractivity contribution in [2.24, 2.45) is 0 Å². The fourth-order valence-corrected chi connectivity index (χ4v) is 2.55. The normalized spacial score (nSPS) is 27.0. The SMILES string of the molecule is Nc1nc2c(ncn2O[C@@H]2O[C@H](COP(=O)(O)O)[C@H](O)[C@H]2O)c(=O)[nH]1. The summed E-state index contributed by atoms with van der Waals surface area (Å²) in [6.07, 6.45) is -4.73. The number of phosphoric acid groups is 1. The van der Waals surface area contributed by atoms with E-state index in [-0.39, 0.29) is 17.1 Å². The van der Waals surface area contributed by atoms with Crippen LogP contribution in [-0.2, 0) is 13.8 Å². The number of anilines is 1. The summed E-state index contributed by atoms with van der Waals surface area (Å²) in [5.74, 6) is -0.191. The van der Waals surface area contributed by atoms with E-state index >= 15 is 0 Å². The van der Waals surface area contributed by atoms with E-state index in [1.807, 2.05) is 0 Å². The van der Waals surface area contributed by atoms with E-state index in [0.29, 0.717) is 0 Å². The second-order valence-corrected chi connectivity index (χ2v) is 6.35. The van der Waals surface area contributed by atoms with Crippen molar-refractivity contribution in [3.8, 4) is 0 Å². The third kappa shape index (κ3) is 3.64. The highest BCUT2D eigenvalue weighted by Gasteiger charge is 2.45. The number of nitrogen functional groups attached to an aromatic ring is 1. The zero-order valence-electron chi connectivity index (χ0n) is 12.3. The molecular weight excluding hydrogens is 365 g/mol. The highest BCUT2D eigenvalue weighted by Crippen LogP contribution is 2.37. The number of aromatic amines is 1. The number of ether oxygens (including phenoxy) is 1. The Labute approximate surface area is 138 Å². The molecule has 3 heterocycles. The third-order valence-electron chi connectivity index (χ3n) is 3.34. The highest BCUT2D eigenvalue weighted by atomic mass is 31.2. The number of nitrogens with zero attached hydrogens (tertiary/aromatic N) is 3. The van der Waals surface area contributed by atoms with Crippen molar-refractivity contribution in [3.05, 3.63) is 16.7 Å². The zero-order valence-corrected chi connectivity index (χ0v) is 13.2. The standard InChI is InChI=1S/C10H14N5O9P/c11-10-13-7-4(8(18)14-10)12-2-15(7)24-9-6(17)5(16)3(23-9)1-22-25(19,20)21/h2-3,5-6,9,16-17H,1H2,(H2,19,20,21)(H3,11,13,14,18)/t3-,5+,6-,9+/m1/s1. The summed E-state index contributed by atoms with van der Waals surface area (Å²) in [5.41, 5.74) is 4.70. The number of aromatic nitrogens is 4. The van der Waals surface area contributed by atoms with Crippen LogP contribution in [0.3, 0.4) is 0 Å². The number of hydrogen-bond acceptors (Lipinski definition) is 10. The lowest BCUT2D eigenvalue weighted by molar-refractivity contribution is -0.168. The average molecular weight is 379 g/mol. The molecule has 0 aliphatic carbocycles. The Hall–Kier alpha value is -2.06. The van der Waals surface area contributed by atoms with Gasteiger partial charge in [0.2, 0.25) is 11.6 Å². The molecule has 0 aromatic carbocycles. The van der Waals surface area contributed by atoms with Crippen molar-refractivity contribution < 1.29 is 38.7 Å². The van der Waals surface area contributed by atoms with Crippen LogP contribution >= 0.6 is 7.82 Å². The van der Waals surface area contributed by atoms with Crippen LogP contribution in [0.4, 0.5) is 5.95 Å². The largest absolute Gasteiger partial charge is 0.469 e. The fourth-order valence-electron chi connectivity index (χ4n) is 2.21. The first-order valence-corrected chi connectivity index (χ1v) is 8.30. The van der Waals surface area contributed by atoms with E-state index in [1.54, 1.807) is 0 Å². The lowest BCUT2D eigenvalue weighted by Crippen LogP contribution is -2.38. The van der Waals surface area contributed by atoms with E-state index in [4.69, 9.17) is 25.1 Å². The monoisotopic (exact) mass is 379 g/mol. The van der Waals surface area contributed by atoms with Gasteiger partial charge in [0.15, 0.2) is 5.52 Å². The quantitative estimate of drug-likeness (QED) is 0.281. The van der Waals surface area contributed by atoms with Crippen LogP contribution in [0, 0.1) is 0 Å². The van der Waals surface area contributed by atoms with Crippen LogP contribution < -0.4 is 16.1 Å². The number of rotatable bonds is 5. The smallest absolute Gasteiger partial charge is 0.387 e. The maximum Gasteiger partial charge on any atom is 0.469 e. The molecule has 0 saturated carbocycles. The predicted molar refractivity (Wildman–Crippen MR) is 77.8 cm³/mol. The lowest BCUT2D eigenvalue weighted by Gasteiger charge is -2.16. The summed E-state index contributed by atoms with van der Waals surface area (Å²) in [5, 5.41) is 19.8. The molecule has 0 bridgehead atoms. The molecule has 2 aromatic rings. The molecule has 4 atom stereocenters. The third-order valence-corrected chi connectivity index (χ3v) is 3.82. The molecule has 15 heteroatoms. The summed E-state index contributed by atoms with van der Waals surface area (Å²) in [4.78, 5) is 44.2. The van der Waals surface area contributed by atoms with Gasteiger partial charge in [-0.05, 0) is 0 Å². The molecule has 0 radical (unpaired) electrons. The van der Waals surface area contributed by atoms with Gasteiger partial charge in [0.25, 0.3) is 11.8 Å². The van der Waals surface area contributed by atoms with Crippen molar-refractivity contribution in [2.45, 2.75) is 24.6 Å². The van der Waals surface area contributed by atoms with E-state index in [9.17, 15) is 19.6 Å². The van der Waals surface area contributed by atoms with Crippen molar-refractivity contribution in [2.75, 3.05) is 12.3 Å². The van der Waals surface area contributed by atoms with Gasteiger partial charge < -0.3 is 35.3 Å². The minimum Gasteiger partial charge on any atom is -0.387 e. The minimum absolute atomic E-state index is 0.0542. The average Bonchev–Trinajstić information content (AvgIpc) is 3.01. The topological polar surface area (TPSA) is 215 Å². The first kappa shape index (κ1) is 17.8. The molecule has 1 aliphatic heterocycles. The molecule has 1 saturated heterocycles. The van der Waals surface area contributed by atoms with Crippen molar-refractivity contribution in [1.82, 2.24) is 19.7 Å². The van der Waals surface area contributed by atoms with Gasteiger partial charge in [0.1, 0.15) is 24.6 Å². The van der Waals surface area contributed by atoms with Crippen LogP contribution in [0.1, 0.15) is 0 Å². The molecule has 25 heavy (non-hydrogen) atoms. The van der Waals surface area contributed by atoms with E-state index < -0.39 is 44.6 Å². The maximum absolute atomic E-state index is 11.7. The Morgan fingerprint density at radius 2 is 2.12 bits per heavy atom. The van der Waals surface area contributed by atoms with Crippen LogP contribution in [0.15, 0.2) is 11.1 Å². The maximum atomic E-state index is 11.7. The highest BCUT2D eigenvalue weighted by molar-refractivity contribution is 7.46. The minimum atomic E-state index is -4.78. The summed E-state index contributed by atoms with van der Waals surface area (Å²) in [6, 6.07) is 0. The number of H-pyrrole nitrogens is 1. The molecule has 1 fully saturated rings. The summed E-state index contributed by atoms with van der Waals surface area (Å²) in [6.45, 7) is -0.683. The van der Waals surface area contributed by atoms with Gasteiger partial charge in [-0.15, -0.1) is 4.73 Å². The summed E-state index contributed by atoms with van der Waals surface area (Å²) in [7, 11) is -4.78. The van der Waals surface area contributed by atoms with Gasteiger partial charge >= 0.3 is 7.82 Å². The molecule has 0 amide bonds. The first-order valence-electron chi connectivity index (χ1n) is 6.77. The predicted octanol–water partition coefficient (Wildman–Crippen LogP) is -3.31. The van der Waals surface area contributed by atoms with E-state index in [1.165, 1.54) is 0 Å². The number of aliphatic hydroxyl groups is 2. The number of phosphoric ester groups is 1. The van der Waals surface area contributed by atoms with Crippen LogP contribution in [0.2, 0.25) is 0 Å². The number of nitrogens with two attached hydrogens (primary N) is 1. The Morgan fingerprint density at radius 3 is 2.80 bits per heavy atom. The fraction of sp³-hybridized carbons (Fsp3) is 0.500. The summed E-state index contributed by atoms with van der Waals surface area (Å²) < 4.78 is 21.0. The molecule has 0 spiro atoms. The second kappa shape index (κ2) is 6.34. The van der Waals surface area contributed by atoms with E-state index in [2.05, 4.69) is 19.5 Å². The van der Waals surface area contributed by atoms with Gasteiger partial charge in [-0.3, -0.25) is 14.3 Å². The van der Waals surface area contributed by atoms with E-state index in [0.717, 1.165) is 11.1 Å².